The lowest BCUT2D eigenvalue weighted by molar-refractivity contribution is -0.132. The molecule has 4 heteroatoms. The Morgan fingerprint density at radius 2 is 0.952 bits per heavy atom. The number of carbonyl (C=O) groups is 2. The van der Waals surface area contributed by atoms with Gasteiger partial charge in [-0.1, -0.05) is 51.7 Å². The van der Waals surface area contributed by atoms with Crippen LogP contribution in [0.5, 0.6) is 0 Å². The van der Waals surface area contributed by atoms with Crippen LogP contribution < -0.4 is 0 Å². The van der Waals surface area contributed by atoms with E-state index in [1.165, 1.54) is 38.5 Å². The average molecular weight is 296 g/mol. The maximum atomic E-state index is 9.25. The van der Waals surface area contributed by atoms with Crippen molar-refractivity contribution in [3.63, 3.8) is 0 Å². The Hall–Kier alpha value is -1.58. The zero-order valence-corrected chi connectivity index (χ0v) is 12.9. The molecule has 0 bridgehead atoms. The molecule has 0 aromatic carbocycles. The van der Waals surface area contributed by atoms with Crippen LogP contribution in [0, 0.1) is 5.41 Å². The second kappa shape index (κ2) is 11.1. The molecule has 0 saturated heterocycles. The molecule has 2 aliphatic rings. The summed E-state index contributed by atoms with van der Waals surface area (Å²) in [6.07, 6.45) is 17.1. The predicted molar refractivity (Wildman–Crippen MR) is 84.3 cm³/mol. The Morgan fingerprint density at radius 1 is 0.714 bits per heavy atom. The molecule has 2 fully saturated rings. The van der Waals surface area contributed by atoms with Gasteiger partial charge in [-0.15, -0.1) is 0 Å². The highest BCUT2D eigenvalue weighted by molar-refractivity contribution is 5.79. The molecule has 0 heterocycles. The fraction of sp³-hybridized carbons (Fsp3) is 0.647. The quantitative estimate of drug-likeness (QED) is 0.740. The summed E-state index contributed by atoms with van der Waals surface area (Å²) in [5.41, 5.74) is 0.858. The van der Waals surface area contributed by atoms with E-state index in [0.29, 0.717) is 0 Å². The largest absolute Gasteiger partial charge is 0.478 e. The molecule has 0 radical (unpaired) electrons. The number of rotatable bonds is 2. The van der Waals surface area contributed by atoms with Crippen molar-refractivity contribution in [2.75, 3.05) is 0 Å². The summed E-state index contributed by atoms with van der Waals surface area (Å²) >= 11 is 0. The minimum atomic E-state index is -0.981. The Balaban J connectivity index is 0.000000340. The van der Waals surface area contributed by atoms with Gasteiger partial charge < -0.3 is 10.2 Å². The van der Waals surface area contributed by atoms with Crippen molar-refractivity contribution in [3.8, 4) is 0 Å². The van der Waals surface area contributed by atoms with Gasteiger partial charge in [-0.25, -0.2) is 9.59 Å². The van der Waals surface area contributed by atoms with Gasteiger partial charge in [0.25, 0.3) is 0 Å². The zero-order chi connectivity index (χ0) is 16.1. The van der Waals surface area contributed by atoms with Crippen LogP contribution >= 0.6 is 0 Å². The summed E-state index contributed by atoms with van der Waals surface area (Å²) in [5.74, 6) is -1.96. The molecule has 0 atom stereocenters. The number of carboxylic acids is 2. The maximum Gasteiger partial charge on any atom is 0.327 e. The van der Waals surface area contributed by atoms with E-state index < -0.39 is 11.9 Å². The predicted octanol–water partition coefficient (Wildman–Crippen LogP) is 4.42. The van der Waals surface area contributed by atoms with Gasteiger partial charge in [-0.3, -0.25) is 0 Å². The van der Waals surface area contributed by atoms with Gasteiger partial charge in [0.2, 0.25) is 0 Å². The van der Waals surface area contributed by atoms with Crippen LogP contribution in [0.15, 0.2) is 25.3 Å². The van der Waals surface area contributed by atoms with Gasteiger partial charge in [-0.2, -0.15) is 0 Å². The third-order valence-electron chi connectivity index (χ3n) is 4.18. The molecule has 2 rings (SSSR count). The van der Waals surface area contributed by atoms with Crippen LogP contribution in [0.25, 0.3) is 0 Å². The highest BCUT2D eigenvalue weighted by Crippen LogP contribution is 2.47. The number of aliphatic carboxylic acids is 2. The minimum absolute atomic E-state index is 0.833. The van der Waals surface area contributed by atoms with Crippen LogP contribution in [-0.4, -0.2) is 22.2 Å². The molecule has 0 aromatic rings. The molecule has 0 aromatic heterocycles. The first-order valence-electron chi connectivity index (χ1n) is 7.66. The smallest absolute Gasteiger partial charge is 0.327 e. The SMILES string of the molecule is C1CCC2(CC1)CCCCC2.C=CC(=O)O.C=CC(=O)O. The van der Waals surface area contributed by atoms with E-state index in [9.17, 15) is 9.59 Å². The Labute approximate surface area is 127 Å². The van der Waals surface area contributed by atoms with E-state index in [2.05, 4.69) is 13.2 Å². The molecular formula is C17H28O4. The fourth-order valence-electron chi connectivity index (χ4n) is 3.10. The number of hydrogen-bond acceptors (Lipinski definition) is 2. The summed E-state index contributed by atoms with van der Waals surface area (Å²) in [4.78, 5) is 18.5. The molecule has 0 amide bonds. The first-order chi connectivity index (χ1) is 9.95. The van der Waals surface area contributed by atoms with E-state index in [0.717, 1.165) is 17.6 Å². The fourth-order valence-corrected chi connectivity index (χ4v) is 3.10. The molecular weight excluding hydrogens is 268 g/mol. The van der Waals surface area contributed by atoms with Gasteiger partial charge in [-0.05, 0) is 31.1 Å². The minimum Gasteiger partial charge on any atom is -0.478 e. The Bertz CT molecular complexity index is 297. The topological polar surface area (TPSA) is 74.6 Å². The molecule has 1 spiro atoms. The van der Waals surface area contributed by atoms with Gasteiger partial charge in [0, 0.05) is 12.2 Å². The summed E-state index contributed by atoms with van der Waals surface area (Å²) in [5, 5.41) is 15.2. The van der Waals surface area contributed by atoms with E-state index in [1.807, 2.05) is 0 Å². The summed E-state index contributed by atoms with van der Waals surface area (Å²) in [6, 6.07) is 0. The van der Waals surface area contributed by atoms with Crippen molar-refractivity contribution in [3.05, 3.63) is 25.3 Å². The third kappa shape index (κ3) is 9.88. The van der Waals surface area contributed by atoms with Gasteiger partial charge in [0.15, 0.2) is 0 Å². The van der Waals surface area contributed by atoms with Crippen molar-refractivity contribution < 1.29 is 19.8 Å². The van der Waals surface area contributed by atoms with Crippen LogP contribution in [0.2, 0.25) is 0 Å². The zero-order valence-electron chi connectivity index (χ0n) is 12.9. The van der Waals surface area contributed by atoms with Crippen molar-refractivity contribution >= 4 is 11.9 Å². The van der Waals surface area contributed by atoms with Gasteiger partial charge in [0.1, 0.15) is 0 Å². The summed E-state index contributed by atoms with van der Waals surface area (Å²) < 4.78 is 0. The van der Waals surface area contributed by atoms with E-state index >= 15 is 0 Å². The van der Waals surface area contributed by atoms with Gasteiger partial charge in [0.05, 0.1) is 0 Å². The van der Waals surface area contributed by atoms with E-state index in [-0.39, 0.29) is 0 Å². The maximum absolute atomic E-state index is 9.25. The summed E-state index contributed by atoms with van der Waals surface area (Å²) in [6.45, 7) is 5.92. The highest BCUT2D eigenvalue weighted by atomic mass is 16.4. The molecule has 21 heavy (non-hydrogen) atoms. The molecule has 2 aliphatic carbocycles. The molecule has 0 aliphatic heterocycles. The van der Waals surface area contributed by atoms with Crippen LogP contribution in [-0.2, 0) is 9.59 Å². The summed E-state index contributed by atoms with van der Waals surface area (Å²) in [7, 11) is 0. The lowest BCUT2D eigenvalue weighted by Gasteiger charge is -2.40. The normalized spacial score (nSPS) is 19.0. The average Bonchev–Trinajstić information content (AvgIpc) is 2.50. The lowest BCUT2D eigenvalue weighted by Crippen LogP contribution is -2.26. The van der Waals surface area contributed by atoms with Crippen LogP contribution in [0.3, 0.4) is 0 Å². The highest BCUT2D eigenvalue weighted by Gasteiger charge is 2.32. The molecule has 0 unspecified atom stereocenters. The molecule has 2 saturated carbocycles. The molecule has 120 valence electrons. The molecule has 2 N–H and O–H groups in total. The second-order valence-electron chi connectivity index (χ2n) is 5.71. The lowest BCUT2D eigenvalue weighted by atomic mass is 9.65. The second-order valence-corrected chi connectivity index (χ2v) is 5.71. The first kappa shape index (κ1) is 19.4. The van der Waals surface area contributed by atoms with Crippen LogP contribution in [0.1, 0.15) is 64.2 Å². The van der Waals surface area contributed by atoms with Crippen molar-refractivity contribution in [2.24, 2.45) is 5.41 Å². The first-order valence-corrected chi connectivity index (χ1v) is 7.66. The van der Waals surface area contributed by atoms with Crippen molar-refractivity contribution in [1.82, 2.24) is 0 Å². The van der Waals surface area contributed by atoms with E-state index in [4.69, 9.17) is 10.2 Å². The van der Waals surface area contributed by atoms with E-state index in [1.54, 1.807) is 25.7 Å². The Kier molecular flexibility index (Phi) is 10.3. The van der Waals surface area contributed by atoms with Crippen molar-refractivity contribution in [2.45, 2.75) is 64.2 Å². The Morgan fingerprint density at radius 3 is 1.14 bits per heavy atom. The number of hydrogen-bond donors (Lipinski definition) is 2. The molecule has 4 nitrogen and oxygen atoms in total. The van der Waals surface area contributed by atoms with Crippen molar-refractivity contribution in [1.29, 1.82) is 0 Å². The third-order valence-corrected chi connectivity index (χ3v) is 4.18. The van der Waals surface area contributed by atoms with Gasteiger partial charge >= 0.3 is 11.9 Å². The standard InChI is InChI=1S/C11H20.2C3H4O2/c1-3-7-11(8-4-1)9-5-2-6-10-11;2*1-2-3(4)5/h1-10H2;2*2H,1H2,(H,4,5). The number of carboxylic acid groups (broad SMARTS) is 2. The monoisotopic (exact) mass is 296 g/mol. The van der Waals surface area contributed by atoms with Crippen LogP contribution in [0.4, 0.5) is 0 Å².